The van der Waals surface area contributed by atoms with Crippen LogP contribution in [0.1, 0.15) is 52.4 Å². The topological polar surface area (TPSA) is 0 Å². The third kappa shape index (κ3) is 5.53. The number of hydrogen-bond acceptors (Lipinski definition) is 0. The molecule has 0 atom stereocenters. The summed E-state index contributed by atoms with van der Waals surface area (Å²) in [6.07, 6.45) is 14.1. The van der Waals surface area contributed by atoms with Gasteiger partial charge in [-0.05, 0) is 0 Å². The molecular weight excluding hydrogens is 158 g/mol. The van der Waals surface area contributed by atoms with E-state index in [1.54, 1.807) is 0 Å². The Hall–Kier alpha value is 0.675. The van der Waals surface area contributed by atoms with Crippen LogP contribution in [0, 0.1) is 12.2 Å². The minimum absolute atomic E-state index is 0. The predicted molar refractivity (Wildman–Crippen MR) is 52.6 cm³/mol. The Morgan fingerprint density at radius 1 is 0.857 bits per heavy atom. The van der Waals surface area contributed by atoms with Gasteiger partial charge in [-0.3, -0.25) is 0 Å². The van der Waals surface area contributed by atoms with E-state index in [-0.39, 0.29) is 37.7 Å². The van der Waals surface area contributed by atoms with Crippen LogP contribution in [-0.2, 0) is 0 Å². The molecule has 1 fully saturated rings. The first-order chi connectivity index (χ1) is 5.88. The maximum absolute atomic E-state index is 3.44. The Morgan fingerprint density at radius 3 is 1.50 bits per heavy atom. The van der Waals surface area contributed by atoms with Gasteiger partial charge in [0.15, 0.2) is 0 Å². The molecule has 0 unspecified atom stereocenters. The predicted octanol–water partition coefficient (Wildman–Crippen LogP) is -2.15. The molecule has 0 aromatic heterocycles. The summed E-state index contributed by atoms with van der Waals surface area (Å²) in [5.74, 6) is 0. The summed E-state index contributed by atoms with van der Waals surface area (Å²) in [6.45, 7) is 4.32. The van der Waals surface area contributed by atoms with Gasteiger partial charge in [0.2, 0.25) is 0 Å². The Labute approximate surface area is 113 Å². The molecule has 68 valence electrons. The van der Waals surface area contributed by atoms with Gasteiger partial charge in [0.05, 0.1) is 0 Å². The molecule has 1 aliphatic rings. The van der Waals surface area contributed by atoms with Crippen LogP contribution < -0.4 is 37.7 Å². The molecular formula is C12H18Li2. The zero-order chi connectivity index (χ0) is 8.81. The quantitative estimate of drug-likeness (QED) is 0.332. The van der Waals surface area contributed by atoms with Gasteiger partial charge in [0, 0.05) is 0 Å². The average molecular weight is 176 g/mol. The van der Waals surface area contributed by atoms with Gasteiger partial charge in [-0.15, -0.1) is 25.7 Å². The molecule has 0 nitrogen and oxygen atoms in total. The first-order valence-corrected chi connectivity index (χ1v) is 5.08. The second-order valence-corrected chi connectivity index (χ2v) is 3.22. The van der Waals surface area contributed by atoms with Crippen molar-refractivity contribution in [2.75, 3.05) is 0 Å². The maximum Gasteiger partial charge on any atom is 1.00 e. The third-order valence-electron chi connectivity index (χ3n) is 2.25. The van der Waals surface area contributed by atoms with Crippen LogP contribution >= 0.6 is 0 Å². The molecule has 0 radical (unpaired) electrons. The molecule has 1 saturated carbocycles. The van der Waals surface area contributed by atoms with Gasteiger partial charge in [-0.25, -0.2) is 0 Å². The van der Waals surface area contributed by atoms with Crippen LogP contribution in [0.3, 0.4) is 0 Å². The summed E-state index contributed by atoms with van der Waals surface area (Å²) in [6, 6.07) is 0. The Kier molecular flexibility index (Phi) is 12.4. The second-order valence-electron chi connectivity index (χ2n) is 3.22. The largest absolute Gasteiger partial charge is 1.00 e. The molecule has 0 bridgehead atoms. The van der Waals surface area contributed by atoms with Crippen LogP contribution in [-0.4, -0.2) is 0 Å². The summed E-state index contributed by atoms with van der Waals surface area (Å²) < 4.78 is 0. The molecule has 0 saturated heterocycles. The van der Waals surface area contributed by atoms with Crippen LogP contribution in [0.2, 0.25) is 0 Å². The summed E-state index contributed by atoms with van der Waals surface area (Å²) in [4.78, 5) is 0. The van der Waals surface area contributed by atoms with Crippen LogP contribution in [0.5, 0.6) is 0 Å². The molecule has 2 heteroatoms. The van der Waals surface area contributed by atoms with Crippen molar-refractivity contribution in [1.82, 2.24) is 0 Å². The van der Waals surface area contributed by atoms with Gasteiger partial charge < -0.3 is 23.3 Å². The summed E-state index contributed by atoms with van der Waals surface area (Å²) in [7, 11) is 0. The van der Waals surface area contributed by atoms with E-state index >= 15 is 0 Å². The first kappa shape index (κ1) is 17.1. The zero-order valence-electron chi connectivity index (χ0n) is 10.2. The molecule has 0 heterocycles. The van der Waals surface area contributed by atoms with Crippen molar-refractivity contribution in [3.05, 3.63) is 23.3 Å². The molecule has 0 aromatic carbocycles. The van der Waals surface area contributed by atoms with E-state index in [9.17, 15) is 0 Å². The Bertz CT molecular complexity index is 170. The van der Waals surface area contributed by atoms with E-state index in [2.05, 4.69) is 26.0 Å². The van der Waals surface area contributed by atoms with Crippen LogP contribution in [0.25, 0.3) is 0 Å². The Balaban J connectivity index is 0. The van der Waals surface area contributed by atoms with Gasteiger partial charge in [-0.1, -0.05) is 26.7 Å². The van der Waals surface area contributed by atoms with Gasteiger partial charge in [0.1, 0.15) is 0 Å². The van der Waals surface area contributed by atoms with E-state index < -0.39 is 0 Å². The first-order valence-electron chi connectivity index (χ1n) is 5.08. The molecule has 0 aliphatic heterocycles. The van der Waals surface area contributed by atoms with E-state index in [0.29, 0.717) is 0 Å². The van der Waals surface area contributed by atoms with Crippen molar-refractivity contribution in [3.63, 3.8) is 0 Å². The fourth-order valence-electron chi connectivity index (χ4n) is 1.72. The smallest absolute Gasteiger partial charge is 0.373 e. The number of rotatable bonds is 2. The zero-order valence-corrected chi connectivity index (χ0v) is 10.2. The van der Waals surface area contributed by atoms with Crippen molar-refractivity contribution in [2.45, 2.75) is 52.4 Å². The number of hydrogen-bond donors (Lipinski definition) is 0. The maximum atomic E-state index is 3.44. The monoisotopic (exact) mass is 176 g/mol. The van der Waals surface area contributed by atoms with Crippen LogP contribution in [0.15, 0.2) is 11.1 Å². The van der Waals surface area contributed by atoms with Gasteiger partial charge in [-0.2, -0.15) is 0 Å². The molecule has 0 amide bonds. The number of allylic oxidation sites excluding steroid dienone is 4. The molecule has 0 aromatic rings. The SMILES string of the molecule is CC[C-]=C1CCCCC1=[C-]CC.[Li+].[Li+]. The Morgan fingerprint density at radius 2 is 1.21 bits per heavy atom. The molecule has 0 spiro atoms. The summed E-state index contributed by atoms with van der Waals surface area (Å²) in [5, 5.41) is 0. The van der Waals surface area contributed by atoms with Crippen molar-refractivity contribution >= 4 is 0 Å². The third-order valence-corrected chi connectivity index (χ3v) is 2.25. The van der Waals surface area contributed by atoms with Gasteiger partial charge in [0.25, 0.3) is 0 Å². The summed E-state index contributed by atoms with van der Waals surface area (Å²) >= 11 is 0. The van der Waals surface area contributed by atoms with E-state index in [4.69, 9.17) is 0 Å². The van der Waals surface area contributed by atoms with Crippen LogP contribution in [0.4, 0.5) is 0 Å². The molecule has 14 heavy (non-hydrogen) atoms. The summed E-state index contributed by atoms with van der Waals surface area (Å²) in [5.41, 5.74) is 2.90. The van der Waals surface area contributed by atoms with Crippen molar-refractivity contribution < 1.29 is 37.7 Å². The van der Waals surface area contributed by atoms with Crippen molar-refractivity contribution in [2.24, 2.45) is 0 Å². The second kappa shape index (κ2) is 10.2. The molecule has 0 N–H and O–H groups in total. The van der Waals surface area contributed by atoms with E-state index in [0.717, 1.165) is 12.8 Å². The standard InChI is InChI=1S/C12H18.2Li/c1-3-7-11-9-5-6-10-12(11)8-4-2;;/h3-6,9-10H2,1-2H3;;/q-2;2*+1. The minimum Gasteiger partial charge on any atom is -0.373 e. The fourth-order valence-corrected chi connectivity index (χ4v) is 1.72. The van der Waals surface area contributed by atoms with Gasteiger partial charge >= 0.3 is 37.7 Å². The van der Waals surface area contributed by atoms with Crippen molar-refractivity contribution in [1.29, 1.82) is 0 Å². The minimum atomic E-state index is 0. The van der Waals surface area contributed by atoms with Crippen molar-refractivity contribution in [3.8, 4) is 0 Å². The van der Waals surface area contributed by atoms with E-state index in [1.165, 1.54) is 36.8 Å². The van der Waals surface area contributed by atoms with E-state index in [1.807, 2.05) is 0 Å². The average Bonchev–Trinajstić information content (AvgIpc) is 2.09. The molecule has 1 aliphatic carbocycles. The molecule has 1 rings (SSSR count). The normalized spacial score (nSPS) is 21.6. The fraction of sp³-hybridized carbons (Fsp3) is 0.667.